The van der Waals surface area contributed by atoms with Crippen molar-refractivity contribution in [3.05, 3.63) is 52.6 Å². The van der Waals surface area contributed by atoms with Crippen molar-refractivity contribution in [2.75, 3.05) is 0 Å². The molecule has 2 aliphatic heterocycles. The smallest absolute Gasteiger partial charge is 0.127 e. The second-order valence-corrected chi connectivity index (χ2v) is 8.94. The van der Waals surface area contributed by atoms with Crippen molar-refractivity contribution < 1.29 is 14.6 Å². The van der Waals surface area contributed by atoms with Gasteiger partial charge in [-0.25, -0.2) is 0 Å². The quantitative estimate of drug-likeness (QED) is 0.688. The first kappa shape index (κ1) is 18.0. The molecular weight excluding hydrogens is 336 g/mol. The predicted octanol–water partition coefficient (Wildman–Crippen LogP) is 5.77. The van der Waals surface area contributed by atoms with Crippen LogP contribution >= 0.6 is 0 Å². The lowest BCUT2D eigenvalue weighted by Gasteiger charge is -2.33. The van der Waals surface area contributed by atoms with E-state index in [0.717, 1.165) is 48.3 Å². The first-order chi connectivity index (χ1) is 12.7. The largest absolute Gasteiger partial charge is 0.508 e. The summed E-state index contributed by atoms with van der Waals surface area (Å²) in [4.78, 5) is 0. The van der Waals surface area contributed by atoms with Crippen LogP contribution in [0.5, 0.6) is 17.2 Å². The highest BCUT2D eigenvalue weighted by atomic mass is 16.5. The van der Waals surface area contributed by atoms with Crippen LogP contribution < -0.4 is 9.47 Å². The van der Waals surface area contributed by atoms with E-state index < -0.39 is 0 Å². The number of ether oxygens (including phenoxy) is 2. The fourth-order valence-electron chi connectivity index (χ4n) is 3.90. The van der Waals surface area contributed by atoms with E-state index >= 15 is 0 Å². The Morgan fingerprint density at radius 3 is 2.33 bits per heavy atom. The summed E-state index contributed by atoms with van der Waals surface area (Å²) in [6.45, 7) is 8.45. The van der Waals surface area contributed by atoms with Gasteiger partial charge < -0.3 is 14.6 Å². The maximum atomic E-state index is 10.1. The first-order valence-electron chi connectivity index (χ1n) is 9.76. The molecule has 0 saturated heterocycles. The zero-order valence-electron chi connectivity index (χ0n) is 16.6. The number of hydrogen-bond acceptors (Lipinski definition) is 3. The van der Waals surface area contributed by atoms with Crippen molar-refractivity contribution in [3.8, 4) is 17.2 Å². The van der Waals surface area contributed by atoms with Gasteiger partial charge in [-0.1, -0.05) is 18.2 Å². The minimum Gasteiger partial charge on any atom is -0.508 e. The molecule has 27 heavy (non-hydrogen) atoms. The predicted molar refractivity (Wildman–Crippen MR) is 110 cm³/mol. The van der Waals surface area contributed by atoms with Crippen LogP contribution in [0.3, 0.4) is 0 Å². The Balaban J connectivity index is 1.62. The third kappa shape index (κ3) is 3.83. The average Bonchev–Trinajstić information content (AvgIpc) is 2.57. The van der Waals surface area contributed by atoms with Crippen molar-refractivity contribution >= 4 is 12.2 Å². The minimum absolute atomic E-state index is 0.0846. The highest BCUT2D eigenvalue weighted by Gasteiger charge is 2.28. The van der Waals surface area contributed by atoms with Crippen LogP contribution in [0.25, 0.3) is 12.2 Å². The van der Waals surface area contributed by atoms with Crippen LogP contribution in [0.4, 0.5) is 0 Å². The molecule has 0 spiro atoms. The summed E-state index contributed by atoms with van der Waals surface area (Å²) >= 11 is 0. The molecule has 0 amide bonds. The Morgan fingerprint density at radius 2 is 1.56 bits per heavy atom. The maximum Gasteiger partial charge on any atom is 0.127 e. The van der Waals surface area contributed by atoms with Gasteiger partial charge in [0.15, 0.2) is 0 Å². The molecule has 2 aromatic carbocycles. The molecule has 3 heteroatoms. The molecule has 0 fully saturated rings. The molecule has 0 unspecified atom stereocenters. The summed E-state index contributed by atoms with van der Waals surface area (Å²) in [5, 5.41) is 10.1. The Hall–Kier alpha value is -2.42. The van der Waals surface area contributed by atoms with Gasteiger partial charge in [0.2, 0.25) is 0 Å². The van der Waals surface area contributed by atoms with E-state index in [-0.39, 0.29) is 17.0 Å². The summed E-state index contributed by atoms with van der Waals surface area (Å²) < 4.78 is 12.1. The number of phenols is 1. The third-order valence-corrected chi connectivity index (χ3v) is 5.51. The van der Waals surface area contributed by atoms with Crippen molar-refractivity contribution in [3.63, 3.8) is 0 Å². The summed E-state index contributed by atoms with van der Waals surface area (Å²) in [6, 6.07) is 9.91. The van der Waals surface area contributed by atoms with Crippen LogP contribution in [0.15, 0.2) is 30.3 Å². The van der Waals surface area contributed by atoms with Crippen molar-refractivity contribution in [2.45, 2.75) is 64.6 Å². The number of benzene rings is 2. The topological polar surface area (TPSA) is 38.7 Å². The van der Waals surface area contributed by atoms with Gasteiger partial charge in [0, 0.05) is 11.6 Å². The van der Waals surface area contributed by atoms with Gasteiger partial charge in [-0.15, -0.1) is 0 Å². The number of aryl methyl sites for hydroxylation is 1. The van der Waals surface area contributed by atoms with E-state index in [4.69, 9.17) is 9.47 Å². The monoisotopic (exact) mass is 364 g/mol. The number of phenolic OH excluding ortho intramolecular Hbond substituents is 1. The van der Waals surface area contributed by atoms with Gasteiger partial charge in [-0.3, -0.25) is 0 Å². The lowest BCUT2D eigenvalue weighted by atomic mass is 9.90. The van der Waals surface area contributed by atoms with E-state index in [2.05, 4.69) is 58.0 Å². The summed E-state index contributed by atoms with van der Waals surface area (Å²) in [6.07, 6.45) is 8.17. The maximum absolute atomic E-state index is 10.1. The number of aromatic hydroxyl groups is 1. The Bertz CT molecular complexity index is 906. The van der Waals surface area contributed by atoms with E-state index in [9.17, 15) is 5.11 Å². The first-order valence-corrected chi connectivity index (χ1v) is 9.76. The molecule has 4 rings (SSSR count). The standard InChI is InChI=1S/C24H28O3/c1-23(2)11-9-18-13-16(6-8-21(18)26-23)5-7-17-14-19(25)15-22-20(17)10-12-24(3,4)27-22/h5-8,13-15,25H,9-12H2,1-4H3/b7-5+. The van der Waals surface area contributed by atoms with E-state index in [1.807, 2.05) is 6.07 Å². The van der Waals surface area contributed by atoms with E-state index in [1.54, 1.807) is 6.07 Å². The van der Waals surface area contributed by atoms with Gasteiger partial charge in [0.05, 0.1) is 0 Å². The number of hydrogen-bond donors (Lipinski definition) is 1. The van der Waals surface area contributed by atoms with Crippen molar-refractivity contribution in [2.24, 2.45) is 0 Å². The molecule has 0 bridgehead atoms. The van der Waals surface area contributed by atoms with E-state index in [0.29, 0.717) is 0 Å². The SMILES string of the molecule is CC1(C)CCc2cc(/C=C/c3cc(O)cc4c3CCC(C)(C)O4)ccc2O1. The molecule has 0 saturated carbocycles. The molecule has 0 atom stereocenters. The second-order valence-electron chi connectivity index (χ2n) is 8.94. The van der Waals surface area contributed by atoms with Gasteiger partial charge in [0.1, 0.15) is 28.5 Å². The van der Waals surface area contributed by atoms with Crippen LogP contribution in [0.1, 0.15) is 62.8 Å². The molecule has 1 N–H and O–H groups in total. The van der Waals surface area contributed by atoms with Crippen molar-refractivity contribution in [1.82, 2.24) is 0 Å². The zero-order chi connectivity index (χ0) is 19.2. The lowest BCUT2D eigenvalue weighted by Crippen LogP contribution is -2.32. The van der Waals surface area contributed by atoms with Crippen LogP contribution in [0.2, 0.25) is 0 Å². The van der Waals surface area contributed by atoms with E-state index in [1.165, 1.54) is 11.1 Å². The van der Waals surface area contributed by atoms with Gasteiger partial charge in [-0.2, -0.15) is 0 Å². The highest BCUT2D eigenvalue weighted by Crippen LogP contribution is 2.39. The van der Waals surface area contributed by atoms with Gasteiger partial charge >= 0.3 is 0 Å². The number of rotatable bonds is 2. The minimum atomic E-state index is -0.186. The zero-order valence-corrected chi connectivity index (χ0v) is 16.6. The second kappa shape index (κ2) is 6.33. The van der Waals surface area contributed by atoms with Crippen molar-refractivity contribution in [1.29, 1.82) is 0 Å². The molecule has 142 valence electrons. The molecule has 0 aliphatic carbocycles. The van der Waals surface area contributed by atoms with Crippen LogP contribution in [-0.2, 0) is 12.8 Å². The lowest BCUT2D eigenvalue weighted by molar-refractivity contribution is 0.0841. The summed E-state index contributed by atoms with van der Waals surface area (Å²) in [5.41, 5.74) is 4.33. The Kier molecular flexibility index (Phi) is 4.21. The molecule has 2 heterocycles. The highest BCUT2D eigenvalue weighted by molar-refractivity contribution is 5.74. The molecule has 3 nitrogen and oxygen atoms in total. The number of fused-ring (bicyclic) bond motifs is 2. The van der Waals surface area contributed by atoms with Gasteiger partial charge in [-0.05, 0) is 88.3 Å². The fourth-order valence-corrected chi connectivity index (χ4v) is 3.90. The Morgan fingerprint density at radius 1 is 0.852 bits per heavy atom. The Labute approximate surface area is 161 Å². The third-order valence-electron chi connectivity index (χ3n) is 5.51. The van der Waals surface area contributed by atoms with Crippen LogP contribution in [-0.4, -0.2) is 16.3 Å². The molecule has 2 aliphatic rings. The molecule has 0 radical (unpaired) electrons. The average molecular weight is 364 g/mol. The summed E-state index contributed by atoms with van der Waals surface area (Å²) in [7, 11) is 0. The molecule has 0 aromatic heterocycles. The fraction of sp³-hybridized carbons (Fsp3) is 0.417. The molecular formula is C24H28O3. The summed E-state index contributed by atoms with van der Waals surface area (Å²) in [5.74, 6) is 2.04. The van der Waals surface area contributed by atoms with Gasteiger partial charge in [0.25, 0.3) is 0 Å². The van der Waals surface area contributed by atoms with Crippen LogP contribution in [0, 0.1) is 0 Å². The molecule has 2 aromatic rings. The normalized spacial score (nSPS) is 19.7.